The molecule has 0 unspecified atom stereocenters. The molecule has 1 aliphatic carbocycles. The molecule has 1 fully saturated rings. The summed E-state index contributed by atoms with van der Waals surface area (Å²) in [7, 11) is 0. The molecule has 1 rings (SSSR count). The van der Waals surface area contributed by atoms with Crippen LogP contribution in [-0.2, 0) is 14.4 Å². The highest BCUT2D eigenvalue weighted by Crippen LogP contribution is 2.30. The molecule has 5 nitrogen and oxygen atoms in total. The molecule has 1 amide bonds. The molecule has 1 aliphatic rings. The van der Waals surface area contributed by atoms with E-state index in [4.69, 9.17) is 5.11 Å². The van der Waals surface area contributed by atoms with Gasteiger partial charge in [0.1, 0.15) is 0 Å². The molecule has 104 valence electrons. The van der Waals surface area contributed by atoms with Crippen LogP contribution in [0.2, 0.25) is 0 Å². The molecule has 0 spiro atoms. The van der Waals surface area contributed by atoms with E-state index in [0.29, 0.717) is 25.7 Å². The molecule has 0 bridgehead atoms. The van der Waals surface area contributed by atoms with E-state index in [9.17, 15) is 22.8 Å². The first-order chi connectivity index (χ1) is 8.31. The first-order valence-electron chi connectivity index (χ1n) is 5.52. The molecule has 18 heavy (non-hydrogen) atoms. The Bertz CT molecular complexity index is 319. The van der Waals surface area contributed by atoms with Gasteiger partial charge in [-0.05, 0) is 12.8 Å². The van der Waals surface area contributed by atoms with Gasteiger partial charge in [0.25, 0.3) is 0 Å². The van der Waals surface area contributed by atoms with E-state index in [1.165, 1.54) is 0 Å². The van der Waals surface area contributed by atoms with Crippen molar-refractivity contribution in [1.82, 2.24) is 5.48 Å². The van der Waals surface area contributed by atoms with E-state index < -0.39 is 36.5 Å². The lowest BCUT2D eigenvalue weighted by Gasteiger charge is -2.27. The van der Waals surface area contributed by atoms with Gasteiger partial charge in [0.05, 0.1) is 11.8 Å². The highest BCUT2D eigenvalue weighted by atomic mass is 19.4. The van der Waals surface area contributed by atoms with Crippen LogP contribution in [0.3, 0.4) is 0 Å². The van der Waals surface area contributed by atoms with Crippen LogP contribution in [0.1, 0.15) is 25.7 Å². The van der Waals surface area contributed by atoms with Crippen LogP contribution in [0.4, 0.5) is 13.2 Å². The number of carbonyl (C=O) groups is 2. The third kappa shape index (κ3) is 4.52. The van der Waals surface area contributed by atoms with Crippen LogP contribution in [0.5, 0.6) is 0 Å². The minimum absolute atomic E-state index is 0.345. The van der Waals surface area contributed by atoms with Gasteiger partial charge in [-0.3, -0.25) is 14.4 Å². The summed E-state index contributed by atoms with van der Waals surface area (Å²) in [6.07, 6.45) is -2.46. The van der Waals surface area contributed by atoms with Gasteiger partial charge in [0.2, 0.25) is 5.91 Å². The highest BCUT2D eigenvalue weighted by molar-refractivity contribution is 5.84. The first-order valence-corrected chi connectivity index (χ1v) is 5.52. The zero-order valence-corrected chi connectivity index (χ0v) is 9.50. The third-order valence-corrected chi connectivity index (χ3v) is 2.83. The van der Waals surface area contributed by atoms with Crippen molar-refractivity contribution in [2.75, 3.05) is 6.61 Å². The number of hydrogen-bond acceptors (Lipinski definition) is 3. The second kappa shape index (κ2) is 6.03. The van der Waals surface area contributed by atoms with Crippen molar-refractivity contribution in [2.45, 2.75) is 31.9 Å². The average molecular weight is 269 g/mol. The maximum Gasteiger partial charge on any atom is 0.414 e. The number of alkyl halides is 3. The molecule has 0 aromatic rings. The lowest BCUT2D eigenvalue weighted by atomic mass is 9.79. The number of carbonyl (C=O) groups excluding carboxylic acids is 1. The maximum absolute atomic E-state index is 11.8. The molecule has 0 aliphatic heterocycles. The monoisotopic (exact) mass is 269 g/mol. The second-order valence-corrected chi connectivity index (χ2v) is 4.21. The molecular weight excluding hydrogens is 255 g/mol. The Morgan fingerprint density at radius 3 is 2.28 bits per heavy atom. The topological polar surface area (TPSA) is 75.6 Å². The normalized spacial score (nSPS) is 24.6. The van der Waals surface area contributed by atoms with Gasteiger partial charge < -0.3 is 5.11 Å². The fraction of sp³-hybridized carbons (Fsp3) is 0.800. The molecule has 8 heteroatoms. The molecule has 0 aromatic carbocycles. The minimum atomic E-state index is -4.54. The Hall–Kier alpha value is -1.31. The third-order valence-electron chi connectivity index (χ3n) is 2.83. The highest BCUT2D eigenvalue weighted by Gasteiger charge is 2.36. The van der Waals surface area contributed by atoms with Crippen molar-refractivity contribution < 1.29 is 32.7 Å². The fourth-order valence-electron chi connectivity index (χ4n) is 2.01. The van der Waals surface area contributed by atoms with Crippen molar-refractivity contribution in [1.29, 1.82) is 0 Å². The summed E-state index contributed by atoms with van der Waals surface area (Å²) < 4.78 is 35.3. The van der Waals surface area contributed by atoms with Crippen LogP contribution in [0.25, 0.3) is 0 Å². The van der Waals surface area contributed by atoms with Crippen molar-refractivity contribution in [2.24, 2.45) is 11.8 Å². The van der Waals surface area contributed by atoms with Crippen molar-refractivity contribution in [3.05, 3.63) is 0 Å². The largest absolute Gasteiger partial charge is 0.481 e. The summed E-state index contributed by atoms with van der Waals surface area (Å²) in [6.45, 7) is -1.59. The van der Waals surface area contributed by atoms with E-state index in [-0.39, 0.29) is 0 Å². The van der Waals surface area contributed by atoms with E-state index in [1.54, 1.807) is 5.48 Å². The molecule has 2 N–H and O–H groups in total. The molecule has 0 heterocycles. The van der Waals surface area contributed by atoms with Gasteiger partial charge in [-0.25, -0.2) is 5.48 Å². The van der Waals surface area contributed by atoms with Gasteiger partial charge in [0.15, 0.2) is 6.61 Å². The predicted molar refractivity (Wildman–Crippen MR) is 53.2 cm³/mol. The Labute approximate surface area is 101 Å². The molecule has 1 saturated carbocycles. The predicted octanol–water partition coefficient (Wildman–Crippen LogP) is 1.49. The smallest absolute Gasteiger partial charge is 0.414 e. The summed E-state index contributed by atoms with van der Waals surface area (Å²) in [5.41, 5.74) is 1.67. The molecule has 0 saturated heterocycles. The number of rotatable bonds is 4. The number of carboxylic acid groups (broad SMARTS) is 1. The quantitative estimate of drug-likeness (QED) is 0.758. The lowest BCUT2D eigenvalue weighted by Crippen LogP contribution is -2.40. The Kier molecular flexibility index (Phi) is 4.94. The minimum Gasteiger partial charge on any atom is -0.481 e. The van der Waals surface area contributed by atoms with E-state index in [2.05, 4.69) is 4.84 Å². The number of amides is 1. The second-order valence-electron chi connectivity index (χ2n) is 4.21. The van der Waals surface area contributed by atoms with Gasteiger partial charge in [0, 0.05) is 0 Å². The van der Waals surface area contributed by atoms with Crippen LogP contribution < -0.4 is 5.48 Å². The van der Waals surface area contributed by atoms with E-state index in [0.717, 1.165) is 0 Å². The standard InChI is InChI=1S/C10H14F3NO4/c11-10(12,13)5-18-14-8(15)6-3-1-2-4-7(6)9(16)17/h6-7H,1-5H2,(H,14,15)(H,16,17)/t6-,7+/m1/s1. The Morgan fingerprint density at radius 2 is 1.78 bits per heavy atom. The zero-order valence-electron chi connectivity index (χ0n) is 9.50. The number of hydrogen-bond donors (Lipinski definition) is 2. The fourth-order valence-corrected chi connectivity index (χ4v) is 2.01. The van der Waals surface area contributed by atoms with Crippen LogP contribution >= 0.6 is 0 Å². The van der Waals surface area contributed by atoms with Gasteiger partial charge in [-0.15, -0.1) is 0 Å². The SMILES string of the molecule is O=C(O)[C@H]1CCCC[C@H]1C(=O)NOCC(F)(F)F. The van der Waals surface area contributed by atoms with Crippen molar-refractivity contribution in [3.63, 3.8) is 0 Å². The Morgan fingerprint density at radius 1 is 1.22 bits per heavy atom. The van der Waals surface area contributed by atoms with E-state index >= 15 is 0 Å². The van der Waals surface area contributed by atoms with Crippen LogP contribution in [0.15, 0.2) is 0 Å². The number of aliphatic carboxylic acids is 1. The van der Waals surface area contributed by atoms with Gasteiger partial charge in [-0.2, -0.15) is 13.2 Å². The number of nitrogens with one attached hydrogen (secondary N) is 1. The van der Waals surface area contributed by atoms with Crippen LogP contribution in [-0.4, -0.2) is 29.8 Å². The summed E-state index contributed by atoms with van der Waals surface area (Å²) in [5, 5.41) is 8.91. The number of hydroxylamine groups is 1. The Balaban J connectivity index is 2.46. The summed E-state index contributed by atoms with van der Waals surface area (Å²) in [4.78, 5) is 26.5. The molecule has 0 radical (unpaired) electrons. The zero-order chi connectivity index (χ0) is 13.8. The van der Waals surface area contributed by atoms with Crippen LogP contribution in [0, 0.1) is 11.8 Å². The summed E-state index contributed by atoms with van der Waals surface area (Å²) >= 11 is 0. The first kappa shape index (κ1) is 14.7. The van der Waals surface area contributed by atoms with Crippen molar-refractivity contribution in [3.8, 4) is 0 Å². The molecule has 0 aromatic heterocycles. The average Bonchev–Trinajstić information content (AvgIpc) is 2.27. The van der Waals surface area contributed by atoms with Crippen molar-refractivity contribution >= 4 is 11.9 Å². The lowest BCUT2D eigenvalue weighted by molar-refractivity contribution is -0.194. The molecular formula is C10H14F3NO4. The summed E-state index contributed by atoms with van der Waals surface area (Å²) in [6, 6.07) is 0. The number of halogens is 3. The van der Waals surface area contributed by atoms with Gasteiger partial charge in [-0.1, -0.05) is 12.8 Å². The maximum atomic E-state index is 11.8. The van der Waals surface area contributed by atoms with Gasteiger partial charge >= 0.3 is 12.1 Å². The number of carboxylic acids is 1. The van der Waals surface area contributed by atoms with E-state index in [1.807, 2.05) is 0 Å². The summed E-state index contributed by atoms with van der Waals surface area (Å²) in [5.74, 6) is -3.59. The molecule has 2 atom stereocenters.